The van der Waals surface area contributed by atoms with Crippen LogP contribution in [0.4, 0.5) is 0 Å². The lowest BCUT2D eigenvalue weighted by atomic mass is 9.79. The van der Waals surface area contributed by atoms with Gasteiger partial charge in [-0.3, -0.25) is 4.79 Å². The molecule has 0 amide bonds. The lowest BCUT2D eigenvalue weighted by molar-refractivity contribution is -0.134. The topological polar surface area (TPSA) is 26.3 Å². The van der Waals surface area contributed by atoms with Crippen molar-refractivity contribution in [3.05, 3.63) is 42.0 Å². The number of hydrogen-bond acceptors (Lipinski definition) is 2. The number of esters is 1. The molecule has 0 radical (unpaired) electrons. The molecule has 26 heavy (non-hydrogen) atoms. The maximum absolute atomic E-state index is 12.0. The van der Waals surface area contributed by atoms with Crippen molar-refractivity contribution in [2.24, 2.45) is 5.92 Å². The van der Waals surface area contributed by atoms with Crippen LogP contribution in [0.1, 0.15) is 83.1 Å². The zero-order valence-electron chi connectivity index (χ0n) is 16.3. The monoisotopic (exact) mass is 352 g/mol. The molecule has 0 N–H and O–H groups in total. The number of carbonyl (C=O) groups excluding carboxylic acids is 1. The molecule has 0 unspecified atom stereocenters. The first-order valence-corrected chi connectivity index (χ1v) is 10.4. The third kappa shape index (κ3) is 5.09. The van der Waals surface area contributed by atoms with Gasteiger partial charge < -0.3 is 4.74 Å². The summed E-state index contributed by atoms with van der Waals surface area (Å²) in [5.41, 5.74) is 1.46. The van der Waals surface area contributed by atoms with E-state index in [1.54, 1.807) is 0 Å². The van der Waals surface area contributed by atoms with Gasteiger partial charge in [0.1, 0.15) is 5.75 Å². The first-order valence-electron chi connectivity index (χ1n) is 10.4. The van der Waals surface area contributed by atoms with Crippen molar-refractivity contribution >= 4 is 16.7 Å². The Hall–Kier alpha value is -1.83. The van der Waals surface area contributed by atoms with Crippen molar-refractivity contribution in [1.82, 2.24) is 0 Å². The smallest absolute Gasteiger partial charge is 0.311 e. The summed E-state index contributed by atoms with van der Waals surface area (Å²) in [7, 11) is 0. The highest BCUT2D eigenvalue weighted by atomic mass is 16.5. The molecular formula is C24H32O2. The molecule has 0 aliphatic heterocycles. The largest absolute Gasteiger partial charge is 0.427 e. The summed E-state index contributed by atoms with van der Waals surface area (Å²) in [6.07, 6.45) is 10.2. The van der Waals surface area contributed by atoms with E-state index < -0.39 is 0 Å². The van der Waals surface area contributed by atoms with E-state index in [4.69, 9.17) is 4.74 Å². The van der Waals surface area contributed by atoms with Crippen LogP contribution in [0.2, 0.25) is 0 Å². The molecule has 0 saturated heterocycles. The van der Waals surface area contributed by atoms with Crippen molar-refractivity contribution in [2.45, 2.75) is 77.6 Å². The van der Waals surface area contributed by atoms with E-state index in [-0.39, 0.29) is 5.97 Å². The SMILES string of the molecule is CCCCCCC(=O)Oc1ccc2cc([C@H]3CC[C@H](C)CC3)ccc2c1. The molecule has 1 aliphatic carbocycles. The molecule has 140 valence electrons. The van der Waals surface area contributed by atoms with Gasteiger partial charge in [0.2, 0.25) is 0 Å². The Labute approximate surface area is 157 Å². The molecule has 2 nitrogen and oxygen atoms in total. The van der Waals surface area contributed by atoms with Gasteiger partial charge in [-0.05, 0) is 59.6 Å². The third-order valence-electron chi connectivity index (χ3n) is 5.79. The summed E-state index contributed by atoms with van der Waals surface area (Å²) in [5.74, 6) is 2.13. The lowest BCUT2D eigenvalue weighted by Gasteiger charge is -2.26. The fourth-order valence-corrected chi connectivity index (χ4v) is 4.03. The minimum absolute atomic E-state index is 0.117. The van der Waals surface area contributed by atoms with Gasteiger partial charge in [-0.2, -0.15) is 0 Å². The van der Waals surface area contributed by atoms with Crippen LogP contribution in [0.3, 0.4) is 0 Å². The van der Waals surface area contributed by atoms with E-state index >= 15 is 0 Å². The van der Waals surface area contributed by atoms with Crippen LogP contribution in [-0.4, -0.2) is 5.97 Å². The van der Waals surface area contributed by atoms with Crippen LogP contribution < -0.4 is 4.74 Å². The predicted molar refractivity (Wildman–Crippen MR) is 109 cm³/mol. The minimum Gasteiger partial charge on any atom is -0.427 e. The fraction of sp³-hybridized carbons (Fsp3) is 0.542. The van der Waals surface area contributed by atoms with E-state index in [0.717, 1.165) is 24.1 Å². The molecule has 2 aromatic rings. The number of unbranched alkanes of at least 4 members (excludes halogenated alkanes) is 3. The molecule has 1 aliphatic rings. The number of rotatable bonds is 7. The molecule has 2 aromatic carbocycles. The minimum atomic E-state index is -0.117. The summed E-state index contributed by atoms with van der Waals surface area (Å²) >= 11 is 0. The molecule has 3 rings (SSSR count). The van der Waals surface area contributed by atoms with Crippen LogP contribution in [0.15, 0.2) is 36.4 Å². The van der Waals surface area contributed by atoms with Gasteiger partial charge in [0, 0.05) is 6.42 Å². The maximum atomic E-state index is 12.0. The van der Waals surface area contributed by atoms with Gasteiger partial charge in [0.15, 0.2) is 0 Å². The molecular weight excluding hydrogens is 320 g/mol. The Balaban J connectivity index is 1.62. The Bertz CT molecular complexity index is 726. The first kappa shape index (κ1) is 18.9. The lowest BCUT2D eigenvalue weighted by Crippen LogP contribution is -2.10. The Morgan fingerprint density at radius 3 is 2.46 bits per heavy atom. The van der Waals surface area contributed by atoms with Crippen LogP contribution in [0, 0.1) is 5.92 Å². The van der Waals surface area contributed by atoms with Gasteiger partial charge >= 0.3 is 5.97 Å². The second-order valence-corrected chi connectivity index (χ2v) is 8.01. The van der Waals surface area contributed by atoms with E-state index in [9.17, 15) is 4.79 Å². The van der Waals surface area contributed by atoms with Crippen LogP contribution >= 0.6 is 0 Å². The van der Waals surface area contributed by atoms with Gasteiger partial charge in [-0.1, -0.05) is 70.2 Å². The third-order valence-corrected chi connectivity index (χ3v) is 5.79. The van der Waals surface area contributed by atoms with E-state index in [1.165, 1.54) is 49.5 Å². The highest BCUT2D eigenvalue weighted by Gasteiger charge is 2.19. The Kier molecular flexibility index (Phi) is 6.71. The van der Waals surface area contributed by atoms with Crippen LogP contribution in [-0.2, 0) is 4.79 Å². The van der Waals surface area contributed by atoms with Crippen LogP contribution in [0.5, 0.6) is 5.75 Å². The predicted octanol–water partition coefficient (Wildman–Crippen LogP) is 7.01. The van der Waals surface area contributed by atoms with Crippen molar-refractivity contribution in [3.8, 4) is 5.75 Å². The van der Waals surface area contributed by atoms with Crippen molar-refractivity contribution in [2.75, 3.05) is 0 Å². The number of fused-ring (bicyclic) bond motifs is 1. The molecule has 0 heterocycles. The highest BCUT2D eigenvalue weighted by Crippen LogP contribution is 2.36. The van der Waals surface area contributed by atoms with Gasteiger partial charge in [0.25, 0.3) is 0 Å². The van der Waals surface area contributed by atoms with Crippen molar-refractivity contribution in [3.63, 3.8) is 0 Å². The van der Waals surface area contributed by atoms with Crippen molar-refractivity contribution in [1.29, 1.82) is 0 Å². The molecule has 0 atom stereocenters. The summed E-state index contributed by atoms with van der Waals surface area (Å²) < 4.78 is 5.52. The van der Waals surface area contributed by atoms with Crippen LogP contribution in [0.25, 0.3) is 10.8 Å². The van der Waals surface area contributed by atoms with Gasteiger partial charge in [-0.15, -0.1) is 0 Å². The Morgan fingerprint density at radius 1 is 0.962 bits per heavy atom. The summed E-state index contributed by atoms with van der Waals surface area (Å²) in [6.45, 7) is 4.54. The van der Waals surface area contributed by atoms with E-state index in [2.05, 4.69) is 38.1 Å². The summed E-state index contributed by atoms with van der Waals surface area (Å²) in [6, 6.07) is 12.8. The Morgan fingerprint density at radius 2 is 1.69 bits per heavy atom. The normalized spacial score (nSPS) is 20.2. The summed E-state index contributed by atoms with van der Waals surface area (Å²) in [4.78, 5) is 12.0. The molecule has 0 spiro atoms. The molecule has 0 bridgehead atoms. The fourth-order valence-electron chi connectivity index (χ4n) is 4.03. The molecule has 0 aromatic heterocycles. The summed E-state index contributed by atoms with van der Waals surface area (Å²) in [5, 5.41) is 2.39. The van der Waals surface area contributed by atoms with Gasteiger partial charge in [0.05, 0.1) is 0 Å². The maximum Gasteiger partial charge on any atom is 0.311 e. The second-order valence-electron chi connectivity index (χ2n) is 8.01. The van der Waals surface area contributed by atoms with Gasteiger partial charge in [-0.25, -0.2) is 0 Å². The van der Waals surface area contributed by atoms with E-state index in [1.807, 2.05) is 12.1 Å². The standard InChI is InChI=1S/C24H32O2/c1-3-4-5-6-7-24(25)26-23-15-14-21-16-20(12-13-22(21)17-23)19-10-8-18(2)9-11-19/h12-19H,3-11H2,1-2H3/t18-,19-. The zero-order chi connectivity index (χ0) is 18.4. The molecule has 1 saturated carbocycles. The highest BCUT2D eigenvalue weighted by molar-refractivity contribution is 5.85. The number of hydrogen-bond donors (Lipinski definition) is 0. The van der Waals surface area contributed by atoms with Crippen molar-refractivity contribution < 1.29 is 9.53 Å². The molecule has 2 heteroatoms. The number of benzene rings is 2. The first-order chi connectivity index (χ1) is 12.7. The zero-order valence-corrected chi connectivity index (χ0v) is 16.3. The average Bonchev–Trinajstić information content (AvgIpc) is 2.65. The number of ether oxygens (including phenoxy) is 1. The average molecular weight is 353 g/mol. The molecule has 1 fully saturated rings. The quantitative estimate of drug-likeness (QED) is 0.304. The second kappa shape index (κ2) is 9.21. The van der Waals surface area contributed by atoms with E-state index in [0.29, 0.717) is 18.1 Å². The number of carbonyl (C=O) groups is 1.